The first-order valence-corrected chi connectivity index (χ1v) is 19.2. The summed E-state index contributed by atoms with van der Waals surface area (Å²) in [4.78, 5) is 37.4. The van der Waals surface area contributed by atoms with Gasteiger partial charge in [-0.1, -0.05) is 36.8 Å². The first-order valence-electron chi connectivity index (χ1n) is 17.3. The Morgan fingerprint density at radius 2 is 1.06 bits per heavy atom. The Balaban J connectivity index is 1.22. The van der Waals surface area contributed by atoms with E-state index in [2.05, 4.69) is 61.1 Å². The zero-order chi connectivity index (χ0) is 37.8. The third-order valence-corrected chi connectivity index (χ3v) is 9.86. The van der Waals surface area contributed by atoms with Gasteiger partial charge in [0.05, 0.1) is 18.8 Å². The largest absolute Gasteiger partial charge is 0.463 e. The number of benzene rings is 4. The third kappa shape index (κ3) is 14.3. The van der Waals surface area contributed by atoms with E-state index in [0.29, 0.717) is 24.5 Å². The van der Waals surface area contributed by atoms with Crippen molar-refractivity contribution in [3.05, 3.63) is 149 Å². The molecular weight excluding hydrogens is 701 g/mol. The molecule has 4 rings (SSSR count). The highest BCUT2D eigenvalue weighted by Gasteiger charge is 2.09. The van der Waals surface area contributed by atoms with Crippen LogP contribution < -0.4 is 4.74 Å². The number of esters is 3. The van der Waals surface area contributed by atoms with Crippen LogP contribution >= 0.6 is 23.5 Å². The van der Waals surface area contributed by atoms with Gasteiger partial charge in [-0.15, -0.1) is 23.5 Å². The van der Waals surface area contributed by atoms with Crippen molar-refractivity contribution in [2.45, 2.75) is 49.3 Å². The van der Waals surface area contributed by atoms with Crippen molar-refractivity contribution in [1.82, 2.24) is 0 Å². The summed E-state index contributed by atoms with van der Waals surface area (Å²) in [6.07, 6.45) is 5.88. The lowest BCUT2D eigenvalue weighted by Gasteiger charge is -2.06. The average molecular weight is 743 g/mol. The highest BCUT2D eigenvalue weighted by Crippen LogP contribution is 2.24. The molecule has 0 unspecified atom stereocenters. The van der Waals surface area contributed by atoms with Gasteiger partial charge in [0.25, 0.3) is 0 Å². The molecule has 0 saturated carbocycles. The summed E-state index contributed by atoms with van der Waals surface area (Å²) < 4.78 is 15.6. The van der Waals surface area contributed by atoms with Crippen LogP contribution in [0.15, 0.2) is 120 Å². The van der Waals surface area contributed by atoms with E-state index in [1.165, 1.54) is 21.9 Å². The van der Waals surface area contributed by atoms with Crippen molar-refractivity contribution in [3.63, 3.8) is 0 Å². The molecule has 6 nitrogen and oxygen atoms in total. The van der Waals surface area contributed by atoms with Crippen LogP contribution in [0.25, 0.3) is 0 Å². The molecule has 0 bridgehead atoms. The van der Waals surface area contributed by atoms with Crippen molar-refractivity contribution in [2.24, 2.45) is 0 Å². The lowest BCUT2D eigenvalue weighted by Crippen LogP contribution is -2.08. The number of ether oxygens (including phenoxy) is 3. The zero-order valence-electron chi connectivity index (χ0n) is 30.1. The van der Waals surface area contributed by atoms with Gasteiger partial charge in [0.15, 0.2) is 0 Å². The number of hydrogen-bond acceptors (Lipinski definition) is 8. The molecule has 0 spiro atoms. The molecule has 0 N–H and O–H groups in total. The number of carbonyl (C=O) groups excluding carboxylic acids is 3. The minimum Gasteiger partial charge on any atom is -0.463 e. The van der Waals surface area contributed by atoms with Crippen LogP contribution in [0, 0.1) is 37.5 Å². The number of thioether (sulfide) groups is 2. The Labute approximate surface area is 321 Å². The molecule has 270 valence electrons. The Morgan fingerprint density at radius 3 is 1.49 bits per heavy atom. The molecule has 0 radical (unpaired) electrons. The number of rotatable bonds is 16. The van der Waals surface area contributed by atoms with Gasteiger partial charge in [-0.05, 0) is 147 Å². The van der Waals surface area contributed by atoms with Gasteiger partial charge < -0.3 is 14.2 Å². The molecule has 4 aromatic rings. The topological polar surface area (TPSA) is 78.9 Å². The van der Waals surface area contributed by atoms with Crippen molar-refractivity contribution in [1.29, 1.82) is 0 Å². The summed E-state index contributed by atoms with van der Waals surface area (Å²) in [5, 5.41) is 0. The van der Waals surface area contributed by atoms with Crippen LogP contribution in [0.3, 0.4) is 0 Å². The highest BCUT2D eigenvalue weighted by atomic mass is 32.2. The Morgan fingerprint density at radius 1 is 0.604 bits per heavy atom. The van der Waals surface area contributed by atoms with E-state index in [9.17, 15) is 14.4 Å². The summed E-state index contributed by atoms with van der Waals surface area (Å²) in [6, 6.07) is 26.7. The Kier molecular flexibility index (Phi) is 16.6. The number of aryl methyl sites for hydroxylation is 2. The lowest BCUT2D eigenvalue weighted by atomic mass is 10.1. The fourth-order valence-electron chi connectivity index (χ4n) is 4.72. The molecule has 0 fully saturated rings. The number of carbonyl (C=O) groups is 3. The smallest absolute Gasteiger partial charge is 0.343 e. The van der Waals surface area contributed by atoms with E-state index in [0.717, 1.165) is 70.6 Å². The Hall–Kier alpha value is -5.41. The van der Waals surface area contributed by atoms with Gasteiger partial charge >= 0.3 is 17.9 Å². The van der Waals surface area contributed by atoms with E-state index < -0.39 is 5.97 Å². The van der Waals surface area contributed by atoms with E-state index >= 15 is 0 Å². The molecule has 0 saturated heterocycles. The number of unbranched alkanes of at least 4 members (excludes halogenated alkanes) is 2. The molecule has 4 aromatic carbocycles. The lowest BCUT2D eigenvalue weighted by molar-refractivity contribution is -0.138. The number of hydrogen-bond donors (Lipinski definition) is 0. The molecular formula is C45H42O6S2. The van der Waals surface area contributed by atoms with Gasteiger partial charge in [0.1, 0.15) is 5.75 Å². The summed E-state index contributed by atoms with van der Waals surface area (Å²) in [5.41, 5.74) is 6.12. The first-order chi connectivity index (χ1) is 25.7. The summed E-state index contributed by atoms with van der Waals surface area (Å²) in [7, 11) is 0. The summed E-state index contributed by atoms with van der Waals surface area (Å²) in [6.45, 7) is 11.7. The summed E-state index contributed by atoms with van der Waals surface area (Å²) >= 11 is 3.53. The average Bonchev–Trinajstić information content (AvgIpc) is 3.17. The van der Waals surface area contributed by atoms with E-state index in [-0.39, 0.29) is 11.9 Å². The van der Waals surface area contributed by atoms with Crippen LogP contribution in [0.5, 0.6) is 5.75 Å². The third-order valence-electron chi connectivity index (χ3n) is 7.70. The molecule has 0 aliphatic carbocycles. The van der Waals surface area contributed by atoms with Gasteiger partial charge in [0.2, 0.25) is 0 Å². The molecule has 0 amide bonds. The maximum Gasteiger partial charge on any atom is 0.343 e. The van der Waals surface area contributed by atoms with Gasteiger partial charge in [-0.3, -0.25) is 0 Å². The SMILES string of the molecule is C=CC(=O)OCCCCSc1ccc(C#Cc2ccc(OC(=O)c3ccc(C#Cc4ccc(SCCCCOC(=O)C=C)cc4C)cc3)cc2)c(C)c1. The van der Waals surface area contributed by atoms with Gasteiger partial charge in [-0.25, -0.2) is 14.4 Å². The monoisotopic (exact) mass is 742 g/mol. The standard InChI is InChI=1S/C45H42O6S2/c1-5-43(46)49-27-7-9-29-52-41-25-21-37(33(3)31-41)17-11-35-13-19-39(20-14-35)45(48)51-40-23-15-36(16-24-40)12-18-38-22-26-42(32-34(38)4)53-30-10-8-28-50-44(47)6-2/h5-6,13-16,19-26,31-32H,1-2,7-10,27-30H2,3-4H3. The maximum absolute atomic E-state index is 12.8. The second-order valence-corrected chi connectivity index (χ2v) is 14.1. The first kappa shape index (κ1) is 40.4. The molecule has 0 atom stereocenters. The van der Waals surface area contributed by atoms with Crippen LogP contribution in [0.2, 0.25) is 0 Å². The van der Waals surface area contributed by atoms with Crippen LogP contribution in [-0.4, -0.2) is 42.6 Å². The van der Waals surface area contributed by atoms with E-state index in [4.69, 9.17) is 14.2 Å². The van der Waals surface area contributed by atoms with Crippen molar-refractivity contribution >= 4 is 41.4 Å². The Bertz CT molecular complexity index is 2030. The van der Waals surface area contributed by atoms with Crippen molar-refractivity contribution in [3.8, 4) is 29.4 Å². The highest BCUT2D eigenvalue weighted by molar-refractivity contribution is 7.99. The second kappa shape index (κ2) is 21.8. The zero-order valence-corrected chi connectivity index (χ0v) is 31.7. The molecule has 0 heterocycles. The predicted molar refractivity (Wildman–Crippen MR) is 214 cm³/mol. The second-order valence-electron chi connectivity index (χ2n) is 11.8. The van der Waals surface area contributed by atoms with Crippen LogP contribution in [0.4, 0.5) is 0 Å². The summed E-state index contributed by atoms with van der Waals surface area (Å²) in [5.74, 6) is 13.9. The minimum absolute atomic E-state index is 0.383. The molecule has 0 aliphatic rings. The molecule has 0 aromatic heterocycles. The van der Waals surface area contributed by atoms with Gasteiger partial charge in [-0.2, -0.15) is 0 Å². The van der Waals surface area contributed by atoms with E-state index in [1.54, 1.807) is 47.8 Å². The van der Waals surface area contributed by atoms with Crippen molar-refractivity contribution < 1.29 is 28.6 Å². The maximum atomic E-state index is 12.8. The van der Waals surface area contributed by atoms with Crippen LogP contribution in [0.1, 0.15) is 69.4 Å². The normalized spacial score (nSPS) is 10.2. The predicted octanol–water partition coefficient (Wildman–Crippen LogP) is 9.53. The molecule has 0 aliphatic heterocycles. The minimum atomic E-state index is -0.449. The molecule has 53 heavy (non-hydrogen) atoms. The van der Waals surface area contributed by atoms with Gasteiger partial charge in [0, 0.05) is 44.2 Å². The van der Waals surface area contributed by atoms with Crippen molar-refractivity contribution in [2.75, 3.05) is 24.7 Å². The molecule has 8 heteroatoms. The quantitative estimate of drug-likeness (QED) is 0.0281. The fourth-order valence-corrected chi connectivity index (χ4v) is 6.74. The van der Waals surface area contributed by atoms with Crippen LogP contribution in [-0.2, 0) is 19.1 Å². The van der Waals surface area contributed by atoms with E-state index in [1.807, 2.05) is 50.2 Å². The fraction of sp³-hybridized carbons (Fsp3) is 0.222.